The third-order valence-electron chi connectivity index (χ3n) is 3.62. The molecule has 1 aliphatic heterocycles. The number of aliphatic hydroxyl groups is 2. The van der Waals surface area contributed by atoms with Crippen molar-refractivity contribution < 1.29 is 15.0 Å². The highest BCUT2D eigenvalue weighted by atomic mass is 32.1. The van der Waals surface area contributed by atoms with Crippen LogP contribution in [0.25, 0.3) is 0 Å². The van der Waals surface area contributed by atoms with E-state index in [0.29, 0.717) is 5.56 Å². The van der Waals surface area contributed by atoms with E-state index in [1.54, 1.807) is 24.3 Å². The molecule has 2 aliphatic rings. The molecule has 1 fully saturated rings. The van der Waals surface area contributed by atoms with Gasteiger partial charge in [-0.15, -0.1) is 6.58 Å². The molecular weight excluding hydrogens is 264 g/mol. The van der Waals surface area contributed by atoms with Crippen molar-refractivity contribution in [2.45, 2.75) is 11.4 Å². The Morgan fingerprint density at radius 3 is 2.79 bits per heavy atom. The Morgan fingerprint density at radius 1 is 1.42 bits per heavy atom. The molecule has 19 heavy (non-hydrogen) atoms. The molecule has 1 saturated heterocycles. The van der Waals surface area contributed by atoms with E-state index < -0.39 is 17.2 Å². The number of carbonyl (C=O) groups is 1. The van der Waals surface area contributed by atoms with Gasteiger partial charge in [-0.05, 0) is 12.2 Å². The standard InChI is InChI=1S/C13H12N2O3S/c1-2-7-15-11(19)14-12(17)9-6-4-3-5-8(9)10(16)13(12,15)18/h2-6,17-18H,1,7H2,(H,14,19). The number of thiocarbonyl (C=S) groups is 1. The van der Waals surface area contributed by atoms with Gasteiger partial charge in [-0.25, -0.2) is 0 Å². The molecule has 98 valence electrons. The monoisotopic (exact) mass is 276 g/mol. The second kappa shape index (κ2) is 3.63. The number of Topliss-reactive ketones (excluding diaryl/α,β-unsaturated/α-hetero) is 1. The van der Waals surface area contributed by atoms with Crippen LogP contribution in [0.5, 0.6) is 0 Å². The van der Waals surface area contributed by atoms with Crippen LogP contribution in [-0.4, -0.2) is 38.3 Å². The number of hydrogen-bond acceptors (Lipinski definition) is 4. The van der Waals surface area contributed by atoms with E-state index in [2.05, 4.69) is 11.9 Å². The van der Waals surface area contributed by atoms with Gasteiger partial charge in [0.2, 0.25) is 11.5 Å². The number of ketones is 1. The Hall–Kier alpha value is -1.76. The summed E-state index contributed by atoms with van der Waals surface area (Å²) in [5, 5.41) is 24.3. The van der Waals surface area contributed by atoms with Gasteiger partial charge in [0, 0.05) is 17.7 Å². The van der Waals surface area contributed by atoms with Crippen LogP contribution < -0.4 is 5.32 Å². The van der Waals surface area contributed by atoms with Crippen molar-refractivity contribution >= 4 is 23.1 Å². The van der Waals surface area contributed by atoms with E-state index in [0.717, 1.165) is 0 Å². The molecule has 3 N–H and O–H groups in total. The average molecular weight is 276 g/mol. The molecule has 2 unspecified atom stereocenters. The minimum absolute atomic E-state index is 0.118. The van der Waals surface area contributed by atoms with Gasteiger partial charge in [0.1, 0.15) is 0 Å². The molecule has 1 aromatic rings. The molecule has 6 heteroatoms. The largest absolute Gasteiger partial charge is 0.363 e. The van der Waals surface area contributed by atoms with Gasteiger partial charge in [0.05, 0.1) is 0 Å². The van der Waals surface area contributed by atoms with Crippen molar-refractivity contribution in [2.24, 2.45) is 0 Å². The maximum Gasteiger partial charge on any atom is 0.258 e. The smallest absolute Gasteiger partial charge is 0.258 e. The molecule has 0 spiro atoms. The fourth-order valence-electron chi connectivity index (χ4n) is 2.72. The van der Waals surface area contributed by atoms with Crippen molar-refractivity contribution in [1.29, 1.82) is 0 Å². The van der Waals surface area contributed by atoms with Crippen LogP contribution >= 0.6 is 12.2 Å². The minimum atomic E-state index is -2.12. The summed E-state index contributed by atoms with van der Waals surface area (Å²) >= 11 is 5.08. The zero-order valence-corrected chi connectivity index (χ0v) is 10.8. The summed E-state index contributed by atoms with van der Waals surface area (Å²) in [6, 6.07) is 6.54. The van der Waals surface area contributed by atoms with Crippen LogP contribution in [0, 0.1) is 0 Å². The summed E-state index contributed by atoms with van der Waals surface area (Å²) < 4.78 is 0. The first-order valence-electron chi connectivity index (χ1n) is 5.76. The number of nitrogens with zero attached hydrogens (tertiary/aromatic N) is 1. The predicted molar refractivity (Wildman–Crippen MR) is 72.3 cm³/mol. The van der Waals surface area contributed by atoms with Crippen molar-refractivity contribution in [3.05, 3.63) is 48.0 Å². The summed E-state index contributed by atoms with van der Waals surface area (Å²) in [7, 11) is 0. The normalized spacial score (nSPS) is 32.0. The number of rotatable bonds is 2. The van der Waals surface area contributed by atoms with Crippen molar-refractivity contribution in [3.8, 4) is 0 Å². The van der Waals surface area contributed by atoms with Crippen LogP contribution in [0.3, 0.4) is 0 Å². The van der Waals surface area contributed by atoms with Gasteiger partial charge in [0.15, 0.2) is 5.11 Å². The highest BCUT2D eigenvalue weighted by Gasteiger charge is 2.70. The number of carbonyl (C=O) groups excluding carboxylic acids is 1. The second-order valence-corrected chi connectivity index (χ2v) is 4.97. The molecule has 2 atom stereocenters. The molecule has 1 aromatic carbocycles. The fraction of sp³-hybridized carbons (Fsp3) is 0.231. The summed E-state index contributed by atoms with van der Waals surface area (Å²) in [5.41, 5.74) is -3.42. The molecule has 0 saturated carbocycles. The molecule has 0 radical (unpaired) electrons. The van der Waals surface area contributed by atoms with Gasteiger partial charge >= 0.3 is 0 Å². The molecular formula is C13H12N2O3S. The molecule has 0 amide bonds. The quantitative estimate of drug-likeness (QED) is 0.525. The minimum Gasteiger partial charge on any atom is -0.363 e. The lowest BCUT2D eigenvalue weighted by molar-refractivity contribution is -0.161. The highest BCUT2D eigenvalue weighted by Crippen LogP contribution is 2.47. The third kappa shape index (κ3) is 1.21. The number of fused-ring (bicyclic) bond motifs is 3. The Balaban J connectivity index is 2.25. The Bertz CT molecular complexity index is 618. The highest BCUT2D eigenvalue weighted by molar-refractivity contribution is 7.80. The van der Waals surface area contributed by atoms with Crippen molar-refractivity contribution in [2.75, 3.05) is 6.54 Å². The van der Waals surface area contributed by atoms with Gasteiger partial charge in [-0.3, -0.25) is 4.79 Å². The number of nitrogens with one attached hydrogen (secondary N) is 1. The number of hydrogen-bond donors (Lipinski definition) is 3. The van der Waals surface area contributed by atoms with Crippen molar-refractivity contribution in [1.82, 2.24) is 10.2 Å². The van der Waals surface area contributed by atoms with E-state index in [9.17, 15) is 15.0 Å². The van der Waals surface area contributed by atoms with Crippen molar-refractivity contribution in [3.63, 3.8) is 0 Å². The zero-order chi connectivity index (χ0) is 13.8. The Labute approximate surface area is 115 Å². The third-order valence-corrected chi connectivity index (χ3v) is 3.94. The lowest BCUT2D eigenvalue weighted by Crippen LogP contribution is -2.59. The van der Waals surface area contributed by atoms with E-state index in [1.807, 2.05) is 0 Å². The first kappa shape index (κ1) is 12.3. The summed E-state index contributed by atoms with van der Waals surface area (Å²) in [6.07, 6.45) is 1.51. The summed E-state index contributed by atoms with van der Waals surface area (Å²) in [5.74, 6) is -0.570. The lowest BCUT2D eigenvalue weighted by atomic mass is 10.00. The molecule has 0 bridgehead atoms. The van der Waals surface area contributed by atoms with Crippen LogP contribution in [-0.2, 0) is 5.72 Å². The maximum absolute atomic E-state index is 12.5. The van der Waals surface area contributed by atoms with E-state index in [1.165, 1.54) is 11.0 Å². The maximum atomic E-state index is 12.5. The number of benzene rings is 1. The van der Waals surface area contributed by atoms with Crippen LogP contribution in [0.4, 0.5) is 0 Å². The summed E-state index contributed by atoms with van der Waals surface area (Å²) in [6.45, 7) is 3.72. The fourth-order valence-corrected chi connectivity index (χ4v) is 3.08. The molecule has 1 aliphatic carbocycles. The molecule has 5 nitrogen and oxygen atoms in total. The average Bonchev–Trinajstić information content (AvgIpc) is 2.69. The molecule has 0 aromatic heterocycles. The van der Waals surface area contributed by atoms with Gasteiger partial charge in [-0.1, -0.05) is 30.3 Å². The van der Waals surface area contributed by atoms with Crippen LogP contribution in [0.2, 0.25) is 0 Å². The van der Waals surface area contributed by atoms with Gasteiger partial charge in [0.25, 0.3) is 5.72 Å². The van der Waals surface area contributed by atoms with Crippen LogP contribution in [0.15, 0.2) is 36.9 Å². The predicted octanol–water partition coefficient (Wildman–Crippen LogP) is 0.0927. The lowest BCUT2D eigenvalue weighted by Gasteiger charge is -2.34. The Morgan fingerprint density at radius 2 is 2.11 bits per heavy atom. The first-order valence-corrected chi connectivity index (χ1v) is 6.17. The SMILES string of the molecule is C=CCN1C(=S)NC2(O)c3ccccc3C(=O)C12O. The Kier molecular flexibility index (Phi) is 2.35. The topological polar surface area (TPSA) is 72.8 Å². The van der Waals surface area contributed by atoms with E-state index in [4.69, 9.17) is 12.2 Å². The van der Waals surface area contributed by atoms with E-state index in [-0.39, 0.29) is 17.2 Å². The molecule has 1 heterocycles. The van der Waals surface area contributed by atoms with Crippen LogP contribution in [0.1, 0.15) is 15.9 Å². The zero-order valence-electron chi connectivity index (χ0n) is 9.96. The second-order valence-electron chi connectivity index (χ2n) is 4.59. The van der Waals surface area contributed by atoms with E-state index >= 15 is 0 Å². The first-order chi connectivity index (χ1) is 8.96. The van der Waals surface area contributed by atoms with Gasteiger partial charge in [-0.2, -0.15) is 0 Å². The molecule has 3 rings (SSSR count). The summed E-state index contributed by atoms with van der Waals surface area (Å²) in [4.78, 5) is 13.7. The van der Waals surface area contributed by atoms with Gasteiger partial charge < -0.3 is 20.4 Å².